The number of hydrogen-bond donors (Lipinski definition) is 4. The fourth-order valence-electron chi connectivity index (χ4n) is 8.54. The van der Waals surface area contributed by atoms with E-state index in [1.807, 2.05) is 0 Å². The van der Waals surface area contributed by atoms with Crippen LogP contribution < -0.4 is 0 Å². The van der Waals surface area contributed by atoms with Crippen molar-refractivity contribution >= 4 is 33.6 Å². The average Bonchev–Trinajstić information content (AvgIpc) is 3.47. The fraction of sp³-hybridized carbons (Fsp3) is 0.769. The zero-order chi connectivity index (χ0) is 61.0. The van der Waals surface area contributed by atoms with Gasteiger partial charge in [0.05, 0.1) is 26.4 Å². The zero-order valence-corrected chi connectivity index (χ0v) is 53.6. The average molecular weight is 1220 g/mol. The number of hydrogen-bond acceptors (Lipinski definition) is 14. The highest BCUT2D eigenvalue weighted by Gasteiger charge is 2.29. The Kier molecular flexibility index (Phi) is 57.2. The lowest BCUT2D eigenvalue weighted by Crippen LogP contribution is -2.30. The van der Waals surface area contributed by atoms with Gasteiger partial charge in [0.2, 0.25) is 0 Å². The quantitative estimate of drug-likeness (QED) is 0.0146. The maximum atomic E-state index is 12.9. The Balaban J connectivity index is 4.69. The molecule has 5 unspecified atom stereocenters. The van der Waals surface area contributed by atoms with Crippen molar-refractivity contribution < 1.29 is 75.8 Å². The van der Waals surface area contributed by atoms with E-state index < -0.39 is 91.5 Å². The Labute approximate surface area is 503 Å². The molecule has 0 aliphatic carbocycles. The van der Waals surface area contributed by atoms with E-state index in [9.17, 15) is 43.5 Å². The number of allylic oxidation sites excluding steroid dienone is 12. The molecule has 4 N–H and O–H groups in total. The molecule has 18 heteroatoms. The first-order chi connectivity index (χ1) is 40.2. The lowest BCUT2D eigenvalue weighted by atomic mass is 10.0. The fourth-order valence-corrected chi connectivity index (χ4v) is 10.1. The van der Waals surface area contributed by atoms with Crippen molar-refractivity contribution in [3.05, 3.63) is 72.9 Å². The highest BCUT2D eigenvalue weighted by atomic mass is 31.2. The van der Waals surface area contributed by atoms with Crippen LogP contribution in [0.4, 0.5) is 0 Å². The number of phosphoric ester groups is 2. The van der Waals surface area contributed by atoms with Crippen LogP contribution in [0.2, 0.25) is 0 Å². The van der Waals surface area contributed by atoms with Crippen LogP contribution in [-0.2, 0) is 55.8 Å². The van der Waals surface area contributed by atoms with Crippen molar-refractivity contribution in [1.82, 2.24) is 0 Å². The Hall–Kier alpha value is -3.01. The maximum absolute atomic E-state index is 12.9. The van der Waals surface area contributed by atoms with Crippen LogP contribution in [0.1, 0.15) is 265 Å². The Bertz CT molecular complexity index is 1820. The third-order valence-corrected chi connectivity index (χ3v) is 15.3. The van der Waals surface area contributed by atoms with E-state index in [1.165, 1.54) is 64.2 Å². The van der Waals surface area contributed by atoms with Gasteiger partial charge in [-0.15, -0.1) is 0 Å². The van der Waals surface area contributed by atoms with Crippen LogP contribution in [0.25, 0.3) is 0 Å². The van der Waals surface area contributed by atoms with Crippen molar-refractivity contribution in [3.8, 4) is 0 Å². The van der Waals surface area contributed by atoms with Crippen molar-refractivity contribution in [1.29, 1.82) is 0 Å². The van der Waals surface area contributed by atoms with Crippen LogP contribution in [0.3, 0.4) is 0 Å². The summed E-state index contributed by atoms with van der Waals surface area (Å²) in [4.78, 5) is 58.2. The molecule has 0 amide bonds. The van der Waals surface area contributed by atoms with Crippen molar-refractivity contribution in [3.63, 3.8) is 0 Å². The van der Waals surface area contributed by atoms with E-state index in [1.54, 1.807) is 0 Å². The standard InChI is InChI=1S/C65H116O16P2/c1-4-7-10-13-16-19-22-25-28-29-32-34-36-39-42-45-48-51-63(68)75-54-60(66)55-77-82(71,72)78-56-61(67)57-79-83(73,74)80-59-62(81-65(70)53-50-47-44-41-38-35-31-27-24-21-18-15-12-9-6-3)58-76-64(69)52-49-46-43-40-37-33-30-26-23-20-17-14-11-8-5-2/h7-8,10-11,16-17,19-20,25-26,28,30,60-62,66-67H,4-6,9,12-15,18,21-24,27,29,31-59H2,1-3H3,(H,71,72)(H,73,74)/b10-7-,11-8-,19-16-,20-17-,28-25-,30-26-. The first-order valence-electron chi connectivity index (χ1n) is 32.2. The molecule has 0 spiro atoms. The number of esters is 3. The Morgan fingerprint density at radius 3 is 1.01 bits per heavy atom. The van der Waals surface area contributed by atoms with Crippen molar-refractivity contribution in [2.24, 2.45) is 0 Å². The number of phosphoric acid groups is 2. The maximum Gasteiger partial charge on any atom is 0.472 e. The van der Waals surface area contributed by atoms with Crippen molar-refractivity contribution in [2.45, 2.75) is 283 Å². The summed E-state index contributed by atoms with van der Waals surface area (Å²) in [5.74, 6) is -1.59. The molecule has 482 valence electrons. The van der Waals surface area contributed by atoms with Crippen molar-refractivity contribution in [2.75, 3.05) is 39.6 Å². The molecule has 0 saturated carbocycles. The molecule has 5 atom stereocenters. The van der Waals surface area contributed by atoms with E-state index in [-0.39, 0.29) is 19.3 Å². The number of ether oxygens (including phenoxy) is 3. The Morgan fingerprint density at radius 1 is 0.349 bits per heavy atom. The zero-order valence-electron chi connectivity index (χ0n) is 51.9. The van der Waals surface area contributed by atoms with Gasteiger partial charge in [-0.1, -0.05) is 235 Å². The van der Waals surface area contributed by atoms with Crippen LogP contribution in [0, 0.1) is 0 Å². The lowest BCUT2D eigenvalue weighted by molar-refractivity contribution is -0.161. The molecule has 0 fully saturated rings. The van der Waals surface area contributed by atoms with E-state index in [0.717, 1.165) is 141 Å². The third kappa shape index (κ3) is 60.5. The molecular formula is C65H116O16P2. The highest BCUT2D eigenvalue weighted by Crippen LogP contribution is 2.45. The third-order valence-electron chi connectivity index (χ3n) is 13.4. The van der Waals surface area contributed by atoms with Gasteiger partial charge in [0.1, 0.15) is 25.4 Å². The summed E-state index contributed by atoms with van der Waals surface area (Å²) in [5.41, 5.74) is 0. The SMILES string of the molecule is CC/C=C\C/C=C\C/C=C\CCCCCCCCCC(=O)OCC(O)COP(=O)(O)OCC(O)COP(=O)(O)OCC(COC(=O)CCCCCCC/C=C\C/C=C\C/C=C\CC)OC(=O)CCCCCCCCCCCCCCCCC. The number of aliphatic hydroxyl groups is 2. The van der Waals surface area contributed by atoms with Crippen LogP contribution in [0.15, 0.2) is 72.9 Å². The second-order valence-electron chi connectivity index (χ2n) is 21.5. The molecule has 0 aliphatic heterocycles. The molecule has 0 bridgehead atoms. The first-order valence-corrected chi connectivity index (χ1v) is 35.2. The summed E-state index contributed by atoms with van der Waals surface area (Å²) < 4.78 is 60.8. The van der Waals surface area contributed by atoms with Gasteiger partial charge in [0.25, 0.3) is 0 Å². The monoisotopic (exact) mass is 1210 g/mol. The Morgan fingerprint density at radius 2 is 0.639 bits per heavy atom. The van der Waals surface area contributed by atoms with Crippen LogP contribution in [0.5, 0.6) is 0 Å². The lowest BCUT2D eigenvalue weighted by Gasteiger charge is -2.21. The minimum atomic E-state index is -4.92. The topological polar surface area (TPSA) is 231 Å². The smallest absolute Gasteiger partial charge is 0.463 e. The molecule has 16 nitrogen and oxygen atoms in total. The number of carbonyl (C=O) groups is 3. The normalized spacial score (nSPS) is 14.8. The number of aliphatic hydroxyl groups excluding tert-OH is 2. The van der Waals surface area contributed by atoms with E-state index in [0.29, 0.717) is 19.3 Å². The minimum absolute atomic E-state index is 0.105. The van der Waals surface area contributed by atoms with Crippen LogP contribution in [-0.4, -0.2) is 95.9 Å². The molecule has 0 heterocycles. The van der Waals surface area contributed by atoms with Gasteiger partial charge >= 0.3 is 33.6 Å². The largest absolute Gasteiger partial charge is 0.472 e. The minimum Gasteiger partial charge on any atom is -0.463 e. The molecule has 0 aliphatic rings. The summed E-state index contributed by atoms with van der Waals surface area (Å²) in [5, 5.41) is 20.5. The second-order valence-corrected chi connectivity index (χ2v) is 24.4. The summed E-state index contributed by atoms with van der Waals surface area (Å²) in [6.07, 6.45) is 59.6. The molecule has 0 aromatic carbocycles. The highest BCUT2D eigenvalue weighted by molar-refractivity contribution is 7.47. The first kappa shape index (κ1) is 80.0. The van der Waals surface area contributed by atoms with Gasteiger partial charge < -0.3 is 34.2 Å². The molecule has 0 aromatic rings. The molecular weight excluding hydrogens is 1100 g/mol. The summed E-state index contributed by atoms with van der Waals surface area (Å²) in [6, 6.07) is 0. The summed E-state index contributed by atoms with van der Waals surface area (Å²) in [7, 11) is -9.77. The summed E-state index contributed by atoms with van der Waals surface area (Å²) in [6.45, 7) is 2.43. The second kappa shape index (κ2) is 59.3. The van der Waals surface area contributed by atoms with Gasteiger partial charge in [-0.3, -0.25) is 32.5 Å². The predicted octanol–water partition coefficient (Wildman–Crippen LogP) is 17.2. The van der Waals surface area contributed by atoms with Gasteiger partial charge in [0, 0.05) is 19.3 Å². The van der Waals surface area contributed by atoms with Gasteiger partial charge in [0.15, 0.2) is 6.10 Å². The molecule has 0 aromatic heterocycles. The van der Waals surface area contributed by atoms with Gasteiger partial charge in [-0.25, -0.2) is 9.13 Å². The molecule has 83 heavy (non-hydrogen) atoms. The molecule has 0 rings (SSSR count). The van der Waals surface area contributed by atoms with E-state index >= 15 is 0 Å². The molecule has 0 radical (unpaired) electrons. The van der Waals surface area contributed by atoms with Gasteiger partial charge in [-0.2, -0.15) is 0 Å². The molecule has 0 saturated heterocycles. The number of rotatable bonds is 61. The predicted molar refractivity (Wildman–Crippen MR) is 335 cm³/mol. The van der Waals surface area contributed by atoms with E-state index in [2.05, 4.69) is 93.7 Å². The summed E-state index contributed by atoms with van der Waals surface area (Å²) >= 11 is 0. The van der Waals surface area contributed by atoms with Gasteiger partial charge in [-0.05, 0) is 83.5 Å². The van der Waals surface area contributed by atoms with E-state index in [4.69, 9.17) is 32.3 Å². The number of carbonyl (C=O) groups excluding carboxylic acids is 3. The van der Waals surface area contributed by atoms with Crippen LogP contribution >= 0.6 is 15.6 Å². The number of unbranched alkanes of at least 4 members (excludes halogenated alkanes) is 26.